The van der Waals surface area contributed by atoms with Crippen molar-refractivity contribution in [2.24, 2.45) is 0 Å². The van der Waals surface area contributed by atoms with Crippen LogP contribution in [0.5, 0.6) is 0 Å². The summed E-state index contributed by atoms with van der Waals surface area (Å²) in [5.74, 6) is -0.256. The van der Waals surface area contributed by atoms with Crippen molar-refractivity contribution in [2.45, 2.75) is 12.8 Å². The molecule has 0 atom stereocenters. The van der Waals surface area contributed by atoms with Crippen LogP contribution in [0.2, 0.25) is 0 Å². The third-order valence-corrected chi connectivity index (χ3v) is 1.26. The summed E-state index contributed by atoms with van der Waals surface area (Å²) in [5, 5.41) is 11.3. The zero-order valence-electron chi connectivity index (χ0n) is 6.80. The van der Waals surface area contributed by atoms with Gasteiger partial charge < -0.3 is 15.2 Å². The van der Waals surface area contributed by atoms with Crippen LogP contribution in [0.3, 0.4) is 0 Å². The third kappa shape index (κ3) is 7.29. The van der Waals surface area contributed by atoms with Crippen molar-refractivity contribution in [3.05, 3.63) is 0 Å². The van der Waals surface area contributed by atoms with E-state index < -0.39 is 0 Å². The maximum absolute atomic E-state index is 10.5. The van der Waals surface area contributed by atoms with E-state index in [1.165, 1.54) is 7.11 Å². The van der Waals surface area contributed by atoms with E-state index in [4.69, 9.17) is 5.11 Å². The summed E-state index contributed by atoms with van der Waals surface area (Å²) < 4.78 is 4.41. The van der Waals surface area contributed by atoms with Crippen LogP contribution in [-0.2, 0) is 9.53 Å². The van der Waals surface area contributed by atoms with Crippen molar-refractivity contribution in [1.82, 2.24) is 5.32 Å². The van der Waals surface area contributed by atoms with Gasteiger partial charge in [0.25, 0.3) is 0 Å². The molecule has 0 aromatic rings. The Labute approximate surface area is 66.5 Å². The maximum Gasteiger partial charge on any atom is 0.319 e. The highest BCUT2D eigenvalue weighted by Gasteiger charge is 1.96. The molecule has 0 radical (unpaired) electrons. The smallest absolute Gasteiger partial charge is 0.319 e. The lowest BCUT2D eigenvalue weighted by Crippen LogP contribution is -2.24. The number of nitrogens with one attached hydrogen (secondary N) is 1. The Balaban J connectivity index is 2.95. The van der Waals surface area contributed by atoms with E-state index in [0.717, 1.165) is 19.4 Å². The molecule has 0 aromatic heterocycles. The summed E-state index contributed by atoms with van der Waals surface area (Å²) in [4.78, 5) is 10.5. The van der Waals surface area contributed by atoms with Gasteiger partial charge in [0, 0.05) is 6.61 Å². The first-order valence-corrected chi connectivity index (χ1v) is 3.69. The second-order valence-corrected chi connectivity index (χ2v) is 2.18. The van der Waals surface area contributed by atoms with Gasteiger partial charge in [-0.3, -0.25) is 4.79 Å². The molecule has 11 heavy (non-hydrogen) atoms. The molecule has 0 saturated carbocycles. The molecule has 0 fully saturated rings. The molecule has 0 bridgehead atoms. The van der Waals surface area contributed by atoms with Crippen LogP contribution in [0.1, 0.15) is 12.8 Å². The number of methoxy groups -OCH3 is 1. The van der Waals surface area contributed by atoms with Gasteiger partial charge in [0.1, 0.15) is 0 Å². The predicted molar refractivity (Wildman–Crippen MR) is 41.2 cm³/mol. The largest absolute Gasteiger partial charge is 0.468 e. The van der Waals surface area contributed by atoms with Gasteiger partial charge in [0.05, 0.1) is 13.7 Å². The molecule has 0 rings (SSSR count). The van der Waals surface area contributed by atoms with Crippen molar-refractivity contribution >= 4 is 5.97 Å². The molecule has 0 heterocycles. The average Bonchev–Trinajstić information content (AvgIpc) is 2.04. The molecule has 0 unspecified atom stereocenters. The molecule has 0 aliphatic rings. The number of aliphatic hydroxyl groups excluding tert-OH is 1. The Hall–Kier alpha value is -0.610. The molecule has 0 amide bonds. The van der Waals surface area contributed by atoms with Crippen molar-refractivity contribution < 1.29 is 14.6 Å². The summed E-state index contributed by atoms with van der Waals surface area (Å²) in [5.41, 5.74) is 0. The second kappa shape index (κ2) is 7.50. The van der Waals surface area contributed by atoms with E-state index in [1.807, 2.05) is 0 Å². The molecule has 4 nitrogen and oxygen atoms in total. The zero-order chi connectivity index (χ0) is 8.53. The van der Waals surface area contributed by atoms with E-state index in [9.17, 15) is 4.79 Å². The standard InChI is InChI=1S/C7H15NO3/c1-11-7(10)6-8-4-2-3-5-9/h8-9H,2-6H2,1H3. The fraction of sp³-hybridized carbons (Fsp3) is 0.857. The van der Waals surface area contributed by atoms with Crippen LogP contribution in [0, 0.1) is 0 Å². The van der Waals surface area contributed by atoms with Gasteiger partial charge in [0.15, 0.2) is 0 Å². The number of hydrogen-bond donors (Lipinski definition) is 2. The van der Waals surface area contributed by atoms with Gasteiger partial charge in [-0.15, -0.1) is 0 Å². The van der Waals surface area contributed by atoms with Gasteiger partial charge in [-0.25, -0.2) is 0 Å². The summed E-state index contributed by atoms with van der Waals surface area (Å²) in [7, 11) is 1.36. The fourth-order valence-corrected chi connectivity index (χ4v) is 0.624. The highest BCUT2D eigenvalue weighted by Crippen LogP contribution is 1.83. The Morgan fingerprint density at radius 2 is 2.27 bits per heavy atom. The van der Waals surface area contributed by atoms with Crippen LogP contribution < -0.4 is 5.32 Å². The van der Waals surface area contributed by atoms with Crippen molar-refractivity contribution in [3.63, 3.8) is 0 Å². The lowest BCUT2D eigenvalue weighted by atomic mass is 10.3. The summed E-state index contributed by atoms with van der Waals surface area (Å²) in [6, 6.07) is 0. The molecule has 0 spiro atoms. The molecule has 66 valence electrons. The quantitative estimate of drug-likeness (QED) is 0.408. The average molecular weight is 161 g/mol. The number of ether oxygens (including phenoxy) is 1. The highest BCUT2D eigenvalue weighted by atomic mass is 16.5. The zero-order valence-corrected chi connectivity index (χ0v) is 6.80. The number of hydrogen-bond acceptors (Lipinski definition) is 4. The number of carbonyl (C=O) groups excluding carboxylic acids is 1. The van der Waals surface area contributed by atoms with E-state index >= 15 is 0 Å². The minimum absolute atomic E-state index is 0.208. The third-order valence-electron chi connectivity index (χ3n) is 1.26. The second-order valence-electron chi connectivity index (χ2n) is 2.18. The molecular weight excluding hydrogens is 146 g/mol. The molecule has 4 heteroatoms. The summed E-state index contributed by atoms with van der Waals surface area (Å²) in [6.45, 7) is 1.21. The molecule has 0 aromatic carbocycles. The maximum atomic E-state index is 10.5. The van der Waals surface area contributed by atoms with Crippen LogP contribution in [0.25, 0.3) is 0 Å². The first-order valence-electron chi connectivity index (χ1n) is 3.69. The SMILES string of the molecule is COC(=O)CNCCCCO. The van der Waals surface area contributed by atoms with Crippen LogP contribution in [0.15, 0.2) is 0 Å². The molecule has 0 aliphatic carbocycles. The lowest BCUT2D eigenvalue weighted by molar-refractivity contribution is -0.139. The van der Waals surface area contributed by atoms with Crippen LogP contribution >= 0.6 is 0 Å². The fourth-order valence-electron chi connectivity index (χ4n) is 0.624. The van der Waals surface area contributed by atoms with Gasteiger partial charge in [0.2, 0.25) is 0 Å². The minimum Gasteiger partial charge on any atom is -0.468 e. The van der Waals surface area contributed by atoms with Crippen molar-refractivity contribution in [3.8, 4) is 0 Å². The minimum atomic E-state index is -0.256. The Bertz CT molecular complexity index is 106. The molecule has 0 aliphatic heterocycles. The number of unbranched alkanes of at least 4 members (excludes halogenated alkanes) is 1. The molecule has 2 N–H and O–H groups in total. The normalized spacial score (nSPS) is 9.64. The number of aliphatic hydroxyl groups is 1. The van der Waals surface area contributed by atoms with E-state index in [0.29, 0.717) is 0 Å². The Kier molecular flexibility index (Phi) is 7.08. The summed E-state index contributed by atoms with van der Waals surface area (Å²) in [6.07, 6.45) is 1.65. The first kappa shape index (κ1) is 10.4. The van der Waals surface area contributed by atoms with E-state index in [1.54, 1.807) is 0 Å². The van der Waals surface area contributed by atoms with E-state index in [2.05, 4.69) is 10.1 Å². The monoisotopic (exact) mass is 161 g/mol. The molecular formula is C7H15NO3. The van der Waals surface area contributed by atoms with Gasteiger partial charge in [-0.05, 0) is 19.4 Å². The van der Waals surface area contributed by atoms with Crippen molar-refractivity contribution in [1.29, 1.82) is 0 Å². The topological polar surface area (TPSA) is 58.6 Å². The highest BCUT2D eigenvalue weighted by molar-refractivity contribution is 5.71. The van der Waals surface area contributed by atoms with Crippen molar-refractivity contribution in [2.75, 3.05) is 26.8 Å². The summed E-state index contributed by atoms with van der Waals surface area (Å²) >= 11 is 0. The van der Waals surface area contributed by atoms with Gasteiger partial charge >= 0.3 is 5.97 Å². The van der Waals surface area contributed by atoms with Gasteiger partial charge in [-0.2, -0.15) is 0 Å². The lowest BCUT2D eigenvalue weighted by Gasteiger charge is -2.01. The number of carbonyl (C=O) groups is 1. The van der Waals surface area contributed by atoms with Crippen LogP contribution in [-0.4, -0.2) is 37.9 Å². The first-order chi connectivity index (χ1) is 5.31. The predicted octanol–water partition coefficient (Wildman–Crippen LogP) is -0.479. The van der Waals surface area contributed by atoms with Crippen LogP contribution in [0.4, 0.5) is 0 Å². The Morgan fingerprint density at radius 1 is 1.55 bits per heavy atom. The van der Waals surface area contributed by atoms with E-state index in [-0.39, 0.29) is 19.1 Å². The number of rotatable bonds is 6. The Morgan fingerprint density at radius 3 is 2.82 bits per heavy atom. The van der Waals surface area contributed by atoms with Gasteiger partial charge in [-0.1, -0.05) is 0 Å². The number of esters is 1. The molecule has 0 saturated heterocycles.